The molecule has 0 unspecified atom stereocenters. The van der Waals surface area contributed by atoms with Gasteiger partial charge in [-0.25, -0.2) is 19.3 Å². The summed E-state index contributed by atoms with van der Waals surface area (Å²) in [5, 5.41) is 17.1. The highest BCUT2D eigenvalue weighted by Crippen LogP contribution is 2.45. The zero-order valence-electron chi connectivity index (χ0n) is 20.7. The van der Waals surface area contributed by atoms with Gasteiger partial charge in [0.2, 0.25) is 11.8 Å². The predicted molar refractivity (Wildman–Crippen MR) is 138 cm³/mol. The highest BCUT2D eigenvalue weighted by molar-refractivity contribution is 6.08. The number of halogens is 1. The first-order valence-electron chi connectivity index (χ1n) is 12.1. The number of carbonyl (C=O) groups excluding carboxylic acids is 1. The fourth-order valence-corrected chi connectivity index (χ4v) is 4.81. The molecule has 2 aromatic carbocycles. The Kier molecular flexibility index (Phi) is 5.60. The maximum atomic E-state index is 14.4. The van der Waals surface area contributed by atoms with E-state index in [1.54, 1.807) is 29.8 Å². The highest BCUT2D eigenvalue weighted by atomic mass is 19.1. The van der Waals surface area contributed by atoms with E-state index in [-0.39, 0.29) is 48.6 Å². The van der Waals surface area contributed by atoms with Gasteiger partial charge in [-0.2, -0.15) is 5.10 Å². The number of hydrogen-bond acceptors (Lipinski definition) is 8. The monoisotopic (exact) mass is 527 g/mol. The van der Waals surface area contributed by atoms with Gasteiger partial charge in [0.1, 0.15) is 29.4 Å². The molecule has 6 rings (SSSR count). The van der Waals surface area contributed by atoms with Gasteiger partial charge >= 0.3 is 5.97 Å². The van der Waals surface area contributed by atoms with Gasteiger partial charge in [0.25, 0.3) is 0 Å². The molecule has 0 saturated carbocycles. The van der Waals surface area contributed by atoms with Crippen LogP contribution in [0.25, 0.3) is 22.4 Å². The molecule has 196 valence electrons. The summed E-state index contributed by atoms with van der Waals surface area (Å²) in [7, 11) is 0. The van der Waals surface area contributed by atoms with Crippen molar-refractivity contribution in [3.63, 3.8) is 0 Å². The summed E-state index contributed by atoms with van der Waals surface area (Å²) in [6.45, 7) is 1.79. The van der Waals surface area contributed by atoms with Crippen LogP contribution in [-0.4, -0.2) is 41.7 Å². The van der Waals surface area contributed by atoms with E-state index < -0.39 is 17.3 Å². The lowest BCUT2D eigenvalue weighted by molar-refractivity contribution is -0.137. The van der Waals surface area contributed by atoms with Crippen molar-refractivity contribution < 1.29 is 23.5 Å². The fourth-order valence-electron chi connectivity index (χ4n) is 4.81. The molecule has 0 fully saturated rings. The first-order valence-corrected chi connectivity index (χ1v) is 12.1. The standard InChI is InChI=1S/C27H22FN7O4/c1-27(26-30-15(13-39-26)10-11-19(36)37)20-22(29)31-24(32-23(20)33-25(27)38)21-16-7-3-5-9-18(16)35(34-21)12-14-6-2-4-8-17(14)28/h2-9,13H,10-12H2,1H3,(H,36,37)(H3,29,31,32,33,38)/t27-/m0/s1. The maximum absolute atomic E-state index is 14.4. The van der Waals surface area contributed by atoms with Crippen molar-refractivity contribution in [2.75, 3.05) is 11.1 Å². The fraction of sp³-hybridized carbons (Fsp3) is 0.185. The number of amides is 1. The molecule has 11 nitrogen and oxygen atoms in total. The van der Waals surface area contributed by atoms with Crippen molar-refractivity contribution in [1.82, 2.24) is 24.7 Å². The number of carboxylic acids is 1. The van der Waals surface area contributed by atoms with E-state index in [0.717, 1.165) is 10.9 Å². The average molecular weight is 528 g/mol. The Labute approximate surface area is 220 Å². The Balaban J connectivity index is 1.41. The molecule has 1 aliphatic heterocycles. The predicted octanol–water partition coefficient (Wildman–Crippen LogP) is 3.53. The van der Waals surface area contributed by atoms with Crippen LogP contribution in [0.1, 0.15) is 36.1 Å². The van der Waals surface area contributed by atoms with Crippen molar-refractivity contribution in [2.45, 2.75) is 31.7 Å². The summed E-state index contributed by atoms with van der Waals surface area (Å²) in [4.78, 5) is 37.6. The quantitative estimate of drug-likeness (QED) is 0.287. The molecular formula is C27H22FN7O4. The van der Waals surface area contributed by atoms with E-state index >= 15 is 0 Å². The van der Waals surface area contributed by atoms with Gasteiger partial charge in [0.05, 0.1) is 29.7 Å². The zero-order chi connectivity index (χ0) is 27.3. The Hall–Kier alpha value is -5.13. The molecule has 0 spiro atoms. The number of carboxylic acid groups (broad SMARTS) is 1. The number of fused-ring (bicyclic) bond motifs is 2. The lowest BCUT2D eigenvalue weighted by Crippen LogP contribution is -2.33. The van der Waals surface area contributed by atoms with Crippen LogP contribution >= 0.6 is 0 Å². The normalized spacial score (nSPS) is 16.4. The lowest BCUT2D eigenvalue weighted by atomic mass is 9.84. The van der Waals surface area contributed by atoms with E-state index in [9.17, 15) is 14.0 Å². The Bertz CT molecular complexity index is 1780. The molecule has 4 heterocycles. The number of carbonyl (C=O) groups is 2. The van der Waals surface area contributed by atoms with Crippen molar-refractivity contribution in [2.24, 2.45) is 0 Å². The van der Waals surface area contributed by atoms with E-state index in [1.165, 1.54) is 12.3 Å². The van der Waals surface area contributed by atoms with Crippen LogP contribution in [-0.2, 0) is 28.0 Å². The first-order chi connectivity index (χ1) is 18.8. The number of oxazole rings is 1. The Morgan fingerprint density at radius 3 is 2.72 bits per heavy atom. The molecule has 12 heteroatoms. The van der Waals surface area contributed by atoms with Crippen molar-refractivity contribution in [3.8, 4) is 11.5 Å². The second-order valence-electron chi connectivity index (χ2n) is 9.39. The molecule has 39 heavy (non-hydrogen) atoms. The van der Waals surface area contributed by atoms with Crippen molar-refractivity contribution in [1.29, 1.82) is 0 Å². The number of aliphatic carboxylic acids is 1. The summed E-state index contributed by atoms with van der Waals surface area (Å²) < 4.78 is 21.6. The molecule has 0 bridgehead atoms. The van der Waals surface area contributed by atoms with Gasteiger partial charge in [-0.05, 0) is 19.1 Å². The third kappa shape index (κ3) is 3.97. The first kappa shape index (κ1) is 24.2. The maximum Gasteiger partial charge on any atom is 0.303 e. The summed E-state index contributed by atoms with van der Waals surface area (Å²) >= 11 is 0. The molecular weight excluding hydrogens is 505 g/mol. The molecule has 3 aromatic heterocycles. The van der Waals surface area contributed by atoms with Crippen LogP contribution in [0.5, 0.6) is 0 Å². The summed E-state index contributed by atoms with van der Waals surface area (Å²) in [5.74, 6) is -1.29. The van der Waals surface area contributed by atoms with Gasteiger partial charge in [0, 0.05) is 17.4 Å². The SMILES string of the molecule is C[C@@]1(c2nc(CCC(=O)O)co2)C(=O)Nc2nc(-c3nn(Cc4ccccc4F)c4ccccc34)nc(N)c21. The molecule has 0 radical (unpaired) electrons. The number of nitrogen functional groups attached to an aromatic ring is 1. The van der Waals surface area contributed by atoms with Crippen LogP contribution in [0.4, 0.5) is 16.0 Å². The van der Waals surface area contributed by atoms with E-state index in [2.05, 4.69) is 20.3 Å². The van der Waals surface area contributed by atoms with Crippen molar-refractivity contribution >= 4 is 34.4 Å². The van der Waals surface area contributed by atoms with E-state index in [1.807, 2.05) is 24.3 Å². The number of anilines is 2. The van der Waals surface area contributed by atoms with Crippen LogP contribution in [0.15, 0.2) is 59.2 Å². The largest absolute Gasteiger partial charge is 0.481 e. The third-order valence-electron chi connectivity index (χ3n) is 6.85. The number of benzene rings is 2. The minimum Gasteiger partial charge on any atom is -0.481 e. The molecule has 1 atom stereocenters. The lowest BCUT2D eigenvalue weighted by Gasteiger charge is -2.18. The Morgan fingerprint density at radius 2 is 1.92 bits per heavy atom. The van der Waals surface area contributed by atoms with Gasteiger partial charge in [0.15, 0.2) is 11.2 Å². The summed E-state index contributed by atoms with van der Waals surface area (Å²) in [6, 6.07) is 13.9. The smallest absolute Gasteiger partial charge is 0.303 e. The Morgan fingerprint density at radius 1 is 1.15 bits per heavy atom. The van der Waals surface area contributed by atoms with E-state index in [0.29, 0.717) is 22.5 Å². The number of para-hydroxylation sites is 1. The molecule has 1 amide bonds. The van der Waals surface area contributed by atoms with Gasteiger partial charge in [-0.15, -0.1) is 0 Å². The molecule has 0 saturated heterocycles. The zero-order valence-corrected chi connectivity index (χ0v) is 20.7. The van der Waals surface area contributed by atoms with Crippen LogP contribution in [0.2, 0.25) is 0 Å². The number of nitrogens with two attached hydrogens (primary N) is 1. The van der Waals surface area contributed by atoms with Gasteiger partial charge < -0.3 is 20.6 Å². The van der Waals surface area contributed by atoms with Crippen LogP contribution < -0.4 is 11.1 Å². The topological polar surface area (TPSA) is 162 Å². The molecule has 0 aliphatic carbocycles. The summed E-state index contributed by atoms with van der Waals surface area (Å²) in [6.07, 6.45) is 1.35. The average Bonchev–Trinajstić information content (AvgIpc) is 3.60. The van der Waals surface area contributed by atoms with E-state index in [4.69, 9.17) is 20.4 Å². The molecule has 1 aliphatic rings. The molecule has 4 N–H and O–H groups in total. The minimum atomic E-state index is -1.42. The van der Waals surface area contributed by atoms with Crippen LogP contribution in [0, 0.1) is 5.82 Å². The van der Waals surface area contributed by atoms with Crippen molar-refractivity contribution in [3.05, 3.63) is 83.3 Å². The van der Waals surface area contributed by atoms with Crippen LogP contribution in [0.3, 0.4) is 0 Å². The number of aromatic nitrogens is 5. The second-order valence-corrected chi connectivity index (χ2v) is 9.39. The second kappa shape index (κ2) is 9.01. The summed E-state index contributed by atoms with van der Waals surface area (Å²) in [5.41, 5.74) is 7.34. The van der Waals surface area contributed by atoms with Gasteiger partial charge in [-0.3, -0.25) is 14.3 Å². The molecule has 5 aromatic rings. The highest BCUT2D eigenvalue weighted by Gasteiger charge is 2.51. The number of rotatable bonds is 7. The minimum absolute atomic E-state index is 0.0360. The number of nitrogens with one attached hydrogen (secondary N) is 1. The van der Waals surface area contributed by atoms with Gasteiger partial charge in [-0.1, -0.05) is 36.4 Å². The number of hydrogen-bond donors (Lipinski definition) is 3. The number of aryl methyl sites for hydroxylation is 1. The number of nitrogens with zero attached hydrogens (tertiary/aromatic N) is 5. The third-order valence-corrected chi connectivity index (χ3v) is 6.85.